The Hall–Kier alpha value is -1.10. The molecule has 1 saturated heterocycles. The molecule has 4 heteroatoms. The highest BCUT2D eigenvalue weighted by molar-refractivity contribution is 5.29. The molecule has 2 unspecified atom stereocenters. The molecule has 2 rings (SSSR count). The van der Waals surface area contributed by atoms with E-state index < -0.39 is 0 Å². The lowest BCUT2D eigenvalue weighted by molar-refractivity contribution is -0.212. The number of ether oxygens (including phenoxy) is 1. The molecule has 19 heavy (non-hydrogen) atoms. The van der Waals surface area contributed by atoms with Gasteiger partial charge < -0.3 is 10.5 Å². The van der Waals surface area contributed by atoms with Crippen molar-refractivity contribution in [1.82, 2.24) is 5.06 Å². The van der Waals surface area contributed by atoms with Crippen molar-refractivity contribution in [2.24, 2.45) is 5.73 Å². The Bertz CT molecular complexity index is 374. The van der Waals surface area contributed by atoms with Gasteiger partial charge in [0.05, 0.1) is 19.8 Å². The first-order valence-electron chi connectivity index (χ1n) is 7.05. The average Bonchev–Trinajstić information content (AvgIpc) is 2.49. The van der Waals surface area contributed by atoms with E-state index in [1.165, 1.54) is 12.0 Å². The number of hydrogen-bond acceptors (Lipinski definition) is 4. The molecule has 2 atom stereocenters. The zero-order chi connectivity index (χ0) is 13.7. The fraction of sp³-hybridized carbons (Fsp3) is 0.600. The Morgan fingerprint density at radius 1 is 1.32 bits per heavy atom. The molecule has 2 N–H and O–H groups in total. The van der Waals surface area contributed by atoms with E-state index in [9.17, 15) is 0 Å². The molecule has 0 aliphatic carbocycles. The van der Waals surface area contributed by atoms with Crippen molar-refractivity contribution in [3.05, 3.63) is 29.8 Å². The van der Waals surface area contributed by atoms with Gasteiger partial charge in [-0.05, 0) is 37.0 Å². The normalized spacial score (nSPS) is 19.9. The Morgan fingerprint density at radius 2 is 2.05 bits per heavy atom. The zero-order valence-corrected chi connectivity index (χ0v) is 11.8. The summed E-state index contributed by atoms with van der Waals surface area (Å²) in [6.07, 6.45) is 3.23. The molecule has 106 valence electrons. The monoisotopic (exact) mass is 264 g/mol. The summed E-state index contributed by atoms with van der Waals surface area (Å²) >= 11 is 0. The van der Waals surface area contributed by atoms with Gasteiger partial charge in [-0.15, -0.1) is 0 Å². The van der Waals surface area contributed by atoms with Gasteiger partial charge >= 0.3 is 0 Å². The van der Waals surface area contributed by atoms with E-state index in [1.54, 1.807) is 7.11 Å². The summed E-state index contributed by atoms with van der Waals surface area (Å²) in [6, 6.07) is 8.32. The number of hydroxylamine groups is 2. The number of benzene rings is 1. The van der Waals surface area contributed by atoms with Crippen molar-refractivity contribution in [3.63, 3.8) is 0 Å². The van der Waals surface area contributed by atoms with Crippen LogP contribution >= 0.6 is 0 Å². The molecule has 1 heterocycles. The largest absolute Gasteiger partial charge is 0.497 e. The number of hydrogen-bond donors (Lipinski definition) is 1. The van der Waals surface area contributed by atoms with E-state index in [-0.39, 0.29) is 12.1 Å². The molecule has 0 saturated carbocycles. The minimum absolute atomic E-state index is 0.0755. The van der Waals surface area contributed by atoms with Gasteiger partial charge in [0.1, 0.15) is 5.75 Å². The maximum Gasteiger partial charge on any atom is 0.118 e. The van der Waals surface area contributed by atoms with Crippen molar-refractivity contribution in [2.75, 3.05) is 20.3 Å². The molecular weight excluding hydrogens is 240 g/mol. The van der Waals surface area contributed by atoms with Crippen molar-refractivity contribution >= 4 is 0 Å². The molecule has 0 amide bonds. The van der Waals surface area contributed by atoms with Crippen LogP contribution < -0.4 is 10.5 Å². The van der Waals surface area contributed by atoms with Crippen LogP contribution in [-0.4, -0.2) is 31.4 Å². The standard InChI is InChI=1S/C15H24N2O2/c1-3-14(16)15(17-10-4-5-11-19-17)12-6-8-13(18-2)9-7-12/h6-9,14-15H,3-5,10-11,16H2,1-2H3. The van der Waals surface area contributed by atoms with Crippen LogP contribution in [-0.2, 0) is 4.84 Å². The topological polar surface area (TPSA) is 47.7 Å². The van der Waals surface area contributed by atoms with Crippen LogP contribution in [0, 0.1) is 0 Å². The summed E-state index contributed by atoms with van der Waals surface area (Å²) in [5.74, 6) is 0.868. The SMILES string of the molecule is CCC(N)C(c1ccc(OC)cc1)N1CCCCO1. The molecule has 1 aliphatic heterocycles. The highest BCUT2D eigenvalue weighted by Crippen LogP contribution is 2.28. The molecular formula is C15H24N2O2. The summed E-state index contributed by atoms with van der Waals surface area (Å²) in [4.78, 5) is 5.80. The van der Waals surface area contributed by atoms with Gasteiger partial charge in [0, 0.05) is 12.6 Å². The first kappa shape index (κ1) is 14.3. The Labute approximate surface area is 115 Å². The molecule has 0 radical (unpaired) electrons. The van der Waals surface area contributed by atoms with Gasteiger partial charge in [0.25, 0.3) is 0 Å². The van der Waals surface area contributed by atoms with Crippen LogP contribution in [0.25, 0.3) is 0 Å². The fourth-order valence-electron chi connectivity index (χ4n) is 2.49. The fourth-order valence-corrected chi connectivity index (χ4v) is 2.49. The summed E-state index contributed by atoms with van der Waals surface area (Å²) in [5, 5.41) is 2.06. The smallest absolute Gasteiger partial charge is 0.118 e. The van der Waals surface area contributed by atoms with Gasteiger partial charge in [0.15, 0.2) is 0 Å². The summed E-state index contributed by atoms with van der Waals surface area (Å²) in [5.41, 5.74) is 7.49. The average molecular weight is 264 g/mol. The Balaban J connectivity index is 2.19. The molecule has 0 spiro atoms. The van der Waals surface area contributed by atoms with Crippen LogP contribution in [0.2, 0.25) is 0 Å². The second-order valence-corrected chi connectivity index (χ2v) is 4.97. The maximum absolute atomic E-state index is 6.30. The predicted octanol–water partition coefficient (Wildman–Crippen LogP) is 2.50. The maximum atomic E-state index is 6.30. The number of nitrogens with zero attached hydrogens (tertiary/aromatic N) is 1. The summed E-state index contributed by atoms with van der Waals surface area (Å²) < 4.78 is 5.21. The predicted molar refractivity (Wildman–Crippen MR) is 75.9 cm³/mol. The van der Waals surface area contributed by atoms with E-state index in [0.29, 0.717) is 0 Å². The van der Waals surface area contributed by atoms with Crippen molar-refractivity contribution in [2.45, 2.75) is 38.3 Å². The van der Waals surface area contributed by atoms with Crippen molar-refractivity contribution in [1.29, 1.82) is 0 Å². The summed E-state index contributed by atoms with van der Waals surface area (Å²) in [6.45, 7) is 3.86. The zero-order valence-electron chi connectivity index (χ0n) is 11.8. The van der Waals surface area contributed by atoms with Crippen LogP contribution in [0.3, 0.4) is 0 Å². The molecule has 1 aromatic rings. The van der Waals surface area contributed by atoms with Crippen molar-refractivity contribution < 1.29 is 9.57 Å². The van der Waals surface area contributed by atoms with Crippen molar-refractivity contribution in [3.8, 4) is 5.75 Å². The lowest BCUT2D eigenvalue weighted by atomic mass is 9.97. The molecule has 1 aliphatic rings. The molecule has 4 nitrogen and oxygen atoms in total. The second-order valence-electron chi connectivity index (χ2n) is 4.97. The van der Waals surface area contributed by atoms with E-state index in [2.05, 4.69) is 24.1 Å². The van der Waals surface area contributed by atoms with Crippen LogP contribution in [0.1, 0.15) is 37.8 Å². The molecule has 1 aromatic carbocycles. The Kier molecular flexibility index (Phi) is 5.19. The quantitative estimate of drug-likeness (QED) is 0.887. The van der Waals surface area contributed by atoms with Gasteiger partial charge in [0.2, 0.25) is 0 Å². The lowest BCUT2D eigenvalue weighted by Gasteiger charge is -2.37. The molecule has 1 fully saturated rings. The van der Waals surface area contributed by atoms with Crippen LogP contribution in [0.5, 0.6) is 5.75 Å². The summed E-state index contributed by atoms with van der Waals surface area (Å²) in [7, 11) is 1.68. The molecule has 0 bridgehead atoms. The van der Waals surface area contributed by atoms with Gasteiger partial charge in [-0.1, -0.05) is 19.1 Å². The van der Waals surface area contributed by atoms with Crippen LogP contribution in [0.15, 0.2) is 24.3 Å². The second kappa shape index (κ2) is 6.89. The highest BCUT2D eigenvalue weighted by atomic mass is 16.7. The third kappa shape index (κ3) is 3.47. The van der Waals surface area contributed by atoms with E-state index in [4.69, 9.17) is 15.3 Å². The first-order chi connectivity index (χ1) is 9.26. The van der Waals surface area contributed by atoms with Gasteiger partial charge in [-0.25, -0.2) is 0 Å². The minimum Gasteiger partial charge on any atom is -0.497 e. The Morgan fingerprint density at radius 3 is 2.58 bits per heavy atom. The third-order valence-electron chi connectivity index (χ3n) is 3.67. The van der Waals surface area contributed by atoms with Gasteiger partial charge in [-0.2, -0.15) is 5.06 Å². The lowest BCUT2D eigenvalue weighted by Crippen LogP contribution is -2.43. The first-order valence-corrected chi connectivity index (χ1v) is 7.05. The van der Waals surface area contributed by atoms with E-state index in [0.717, 1.165) is 31.7 Å². The number of methoxy groups -OCH3 is 1. The van der Waals surface area contributed by atoms with E-state index in [1.807, 2.05) is 12.1 Å². The van der Waals surface area contributed by atoms with Crippen LogP contribution in [0.4, 0.5) is 0 Å². The number of nitrogens with two attached hydrogens (primary N) is 1. The number of rotatable bonds is 5. The third-order valence-corrected chi connectivity index (χ3v) is 3.67. The molecule has 0 aromatic heterocycles. The minimum atomic E-state index is 0.0755. The highest BCUT2D eigenvalue weighted by Gasteiger charge is 2.28. The van der Waals surface area contributed by atoms with Gasteiger partial charge in [-0.3, -0.25) is 4.84 Å². The van der Waals surface area contributed by atoms with E-state index >= 15 is 0 Å².